The van der Waals surface area contributed by atoms with Gasteiger partial charge in [-0.05, 0) is 43.7 Å². The number of rotatable bonds is 5. The minimum atomic E-state index is -0.237. The molecule has 0 aliphatic carbocycles. The van der Waals surface area contributed by atoms with Crippen molar-refractivity contribution < 1.29 is 4.39 Å². The summed E-state index contributed by atoms with van der Waals surface area (Å²) >= 11 is 0. The van der Waals surface area contributed by atoms with Gasteiger partial charge in [0.15, 0.2) is 0 Å². The Bertz CT molecular complexity index is 800. The lowest BCUT2D eigenvalue weighted by Crippen LogP contribution is -2.13. The smallest absolute Gasteiger partial charge is 0.225 e. The summed E-state index contributed by atoms with van der Waals surface area (Å²) in [4.78, 5) is 9.11. The molecule has 0 spiro atoms. The van der Waals surface area contributed by atoms with Crippen molar-refractivity contribution in [3.63, 3.8) is 0 Å². The molecule has 4 nitrogen and oxygen atoms in total. The molecule has 5 heteroatoms. The third-order valence-corrected chi connectivity index (χ3v) is 3.39. The van der Waals surface area contributed by atoms with Crippen LogP contribution >= 0.6 is 0 Å². The SMILES string of the molecule is CC(C)Nc1nc(NCc2ccc(F)cc2)nc2ccccc12. The quantitative estimate of drug-likeness (QED) is 0.741. The van der Waals surface area contributed by atoms with Gasteiger partial charge in [0, 0.05) is 18.0 Å². The van der Waals surface area contributed by atoms with E-state index in [4.69, 9.17) is 0 Å². The Balaban J connectivity index is 1.86. The standard InChI is InChI=1S/C18H19FN4/c1-12(2)21-17-15-5-3-4-6-16(15)22-18(23-17)20-11-13-7-9-14(19)10-8-13/h3-10,12H,11H2,1-2H3,(H2,20,21,22,23). The van der Waals surface area contributed by atoms with Gasteiger partial charge in [-0.3, -0.25) is 0 Å². The first-order valence-electron chi connectivity index (χ1n) is 7.63. The molecule has 0 aliphatic rings. The molecule has 0 amide bonds. The van der Waals surface area contributed by atoms with E-state index < -0.39 is 0 Å². The minimum Gasteiger partial charge on any atom is -0.367 e. The second-order valence-electron chi connectivity index (χ2n) is 5.69. The fraction of sp³-hybridized carbons (Fsp3) is 0.222. The number of halogens is 1. The van der Waals surface area contributed by atoms with Crippen LogP contribution in [-0.2, 0) is 6.54 Å². The molecule has 2 N–H and O–H groups in total. The first-order valence-corrected chi connectivity index (χ1v) is 7.63. The van der Waals surface area contributed by atoms with E-state index in [1.165, 1.54) is 12.1 Å². The largest absolute Gasteiger partial charge is 0.367 e. The van der Waals surface area contributed by atoms with E-state index in [9.17, 15) is 4.39 Å². The lowest BCUT2D eigenvalue weighted by molar-refractivity contribution is 0.627. The number of hydrogen-bond acceptors (Lipinski definition) is 4. The molecule has 0 atom stereocenters. The molecule has 0 saturated heterocycles. The van der Waals surface area contributed by atoms with E-state index in [0.29, 0.717) is 12.5 Å². The Morgan fingerprint density at radius 1 is 1.00 bits per heavy atom. The Hall–Kier alpha value is -2.69. The van der Waals surface area contributed by atoms with Crippen LogP contribution in [0.25, 0.3) is 10.9 Å². The molecule has 3 rings (SSSR count). The molecule has 0 aliphatic heterocycles. The lowest BCUT2D eigenvalue weighted by atomic mass is 10.2. The van der Waals surface area contributed by atoms with Crippen molar-refractivity contribution in [3.05, 3.63) is 59.9 Å². The Kier molecular flexibility index (Phi) is 4.37. The first kappa shape index (κ1) is 15.2. The summed E-state index contributed by atoms with van der Waals surface area (Å²) in [6.45, 7) is 4.69. The molecular formula is C18H19FN4. The molecule has 2 aromatic carbocycles. The van der Waals surface area contributed by atoms with Crippen LogP contribution < -0.4 is 10.6 Å². The normalized spacial score (nSPS) is 11.0. The summed E-state index contributed by atoms with van der Waals surface area (Å²) in [5.41, 5.74) is 1.86. The van der Waals surface area contributed by atoms with Crippen molar-refractivity contribution in [2.75, 3.05) is 10.6 Å². The zero-order chi connectivity index (χ0) is 16.2. The van der Waals surface area contributed by atoms with Crippen LogP contribution in [0.4, 0.5) is 16.2 Å². The van der Waals surface area contributed by atoms with Crippen LogP contribution in [0.15, 0.2) is 48.5 Å². The molecule has 1 aromatic heterocycles. The molecule has 0 radical (unpaired) electrons. The van der Waals surface area contributed by atoms with E-state index in [0.717, 1.165) is 22.3 Å². The predicted molar refractivity (Wildman–Crippen MR) is 92.0 cm³/mol. The molecule has 3 aromatic rings. The third kappa shape index (κ3) is 3.74. The van der Waals surface area contributed by atoms with Crippen LogP contribution in [0.1, 0.15) is 19.4 Å². The molecule has 0 saturated carbocycles. The van der Waals surface area contributed by atoms with Gasteiger partial charge in [0.05, 0.1) is 5.52 Å². The number of fused-ring (bicyclic) bond motifs is 1. The van der Waals surface area contributed by atoms with Crippen molar-refractivity contribution >= 4 is 22.7 Å². The van der Waals surface area contributed by atoms with E-state index in [2.05, 4.69) is 34.4 Å². The van der Waals surface area contributed by atoms with Crippen LogP contribution in [0.5, 0.6) is 0 Å². The molecule has 118 valence electrons. The van der Waals surface area contributed by atoms with Gasteiger partial charge < -0.3 is 10.6 Å². The fourth-order valence-corrected chi connectivity index (χ4v) is 2.32. The molecule has 23 heavy (non-hydrogen) atoms. The number of para-hydroxylation sites is 1. The average Bonchev–Trinajstić information content (AvgIpc) is 2.54. The number of nitrogens with zero attached hydrogens (tertiary/aromatic N) is 2. The van der Waals surface area contributed by atoms with Crippen LogP contribution in [-0.4, -0.2) is 16.0 Å². The maximum atomic E-state index is 12.9. The number of aromatic nitrogens is 2. The van der Waals surface area contributed by atoms with Gasteiger partial charge in [-0.15, -0.1) is 0 Å². The third-order valence-electron chi connectivity index (χ3n) is 3.39. The summed E-state index contributed by atoms with van der Waals surface area (Å²) < 4.78 is 12.9. The van der Waals surface area contributed by atoms with Gasteiger partial charge >= 0.3 is 0 Å². The van der Waals surface area contributed by atoms with Gasteiger partial charge in [0.2, 0.25) is 5.95 Å². The average molecular weight is 310 g/mol. The monoisotopic (exact) mass is 310 g/mol. The summed E-state index contributed by atoms with van der Waals surface area (Å²) in [6.07, 6.45) is 0. The molecular weight excluding hydrogens is 291 g/mol. The molecule has 0 unspecified atom stereocenters. The first-order chi connectivity index (χ1) is 11.1. The van der Waals surface area contributed by atoms with Crippen molar-refractivity contribution in [3.8, 4) is 0 Å². The number of nitrogens with one attached hydrogen (secondary N) is 2. The minimum absolute atomic E-state index is 0.237. The second-order valence-corrected chi connectivity index (χ2v) is 5.69. The highest BCUT2D eigenvalue weighted by Gasteiger charge is 2.08. The maximum Gasteiger partial charge on any atom is 0.225 e. The van der Waals surface area contributed by atoms with Gasteiger partial charge in [-0.1, -0.05) is 24.3 Å². The molecule has 0 fully saturated rings. The summed E-state index contributed by atoms with van der Waals surface area (Å²) in [5.74, 6) is 1.13. The molecule has 0 bridgehead atoms. The van der Waals surface area contributed by atoms with Crippen molar-refractivity contribution in [2.24, 2.45) is 0 Å². The van der Waals surface area contributed by atoms with Gasteiger partial charge in [-0.25, -0.2) is 9.37 Å². The van der Waals surface area contributed by atoms with Gasteiger partial charge in [0.25, 0.3) is 0 Å². The lowest BCUT2D eigenvalue weighted by Gasteiger charge is -2.14. The molecule has 1 heterocycles. The van der Waals surface area contributed by atoms with Crippen LogP contribution in [0, 0.1) is 5.82 Å². The highest BCUT2D eigenvalue weighted by molar-refractivity contribution is 5.90. The predicted octanol–water partition coefficient (Wildman–Crippen LogP) is 4.20. The summed E-state index contributed by atoms with van der Waals surface area (Å²) in [7, 11) is 0. The number of anilines is 2. The zero-order valence-corrected chi connectivity index (χ0v) is 13.2. The topological polar surface area (TPSA) is 49.8 Å². The number of benzene rings is 2. The Morgan fingerprint density at radius 3 is 2.48 bits per heavy atom. The highest BCUT2D eigenvalue weighted by Crippen LogP contribution is 2.22. The van der Waals surface area contributed by atoms with Crippen LogP contribution in [0.3, 0.4) is 0 Å². The summed E-state index contributed by atoms with van der Waals surface area (Å²) in [5, 5.41) is 7.55. The summed E-state index contributed by atoms with van der Waals surface area (Å²) in [6, 6.07) is 14.6. The number of hydrogen-bond donors (Lipinski definition) is 2. The fourth-order valence-electron chi connectivity index (χ4n) is 2.32. The van der Waals surface area contributed by atoms with Crippen molar-refractivity contribution in [1.82, 2.24) is 9.97 Å². The Morgan fingerprint density at radius 2 is 1.74 bits per heavy atom. The van der Waals surface area contributed by atoms with Gasteiger partial charge in [-0.2, -0.15) is 4.98 Å². The second kappa shape index (κ2) is 6.60. The van der Waals surface area contributed by atoms with Crippen molar-refractivity contribution in [2.45, 2.75) is 26.4 Å². The zero-order valence-electron chi connectivity index (χ0n) is 13.2. The maximum absolute atomic E-state index is 12.9. The Labute approximate surface area is 134 Å². The van der Waals surface area contributed by atoms with Gasteiger partial charge in [0.1, 0.15) is 11.6 Å². The van der Waals surface area contributed by atoms with Crippen molar-refractivity contribution in [1.29, 1.82) is 0 Å². The van der Waals surface area contributed by atoms with E-state index in [-0.39, 0.29) is 11.9 Å². The van der Waals surface area contributed by atoms with E-state index >= 15 is 0 Å². The highest BCUT2D eigenvalue weighted by atomic mass is 19.1. The van der Waals surface area contributed by atoms with E-state index in [1.54, 1.807) is 12.1 Å². The van der Waals surface area contributed by atoms with E-state index in [1.807, 2.05) is 24.3 Å². The van der Waals surface area contributed by atoms with Crippen LogP contribution in [0.2, 0.25) is 0 Å².